The lowest BCUT2D eigenvalue weighted by Crippen LogP contribution is -2.18. The topological polar surface area (TPSA) is 63.6 Å². The van der Waals surface area contributed by atoms with Crippen LogP contribution in [0.15, 0.2) is 47.8 Å². The number of pyridine rings is 1. The summed E-state index contributed by atoms with van der Waals surface area (Å²) >= 11 is 0. The summed E-state index contributed by atoms with van der Waals surface area (Å²) in [6, 6.07) is 11.8. The van der Waals surface area contributed by atoms with Crippen molar-refractivity contribution >= 4 is 11.8 Å². The van der Waals surface area contributed by atoms with Crippen molar-refractivity contribution in [1.29, 1.82) is 0 Å². The Hall–Kier alpha value is -2.69. The molecule has 0 saturated carbocycles. The van der Waals surface area contributed by atoms with Crippen LogP contribution in [0.25, 0.3) is 0 Å². The molecular weight excluding hydrogens is 266 g/mol. The zero-order chi connectivity index (χ0) is 14.7. The summed E-state index contributed by atoms with van der Waals surface area (Å²) in [4.78, 5) is 20.6. The lowest BCUT2D eigenvalue weighted by Gasteiger charge is -2.08. The van der Waals surface area contributed by atoms with Crippen LogP contribution in [0.5, 0.6) is 0 Å². The molecule has 1 aliphatic carbocycles. The largest absolute Gasteiger partial charge is 0.433 e. The number of nitrogens with one attached hydrogen (secondary N) is 1. The molecule has 0 fully saturated rings. The maximum Gasteiger partial charge on any atom is 0.433 e. The van der Waals surface area contributed by atoms with Crippen molar-refractivity contribution in [3.63, 3.8) is 0 Å². The lowest BCUT2D eigenvalue weighted by molar-refractivity contribution is 0.153. The second-order valence-corrected chi connectivity index (χ2v) is 4.72. The third-order valence-electron chi connectivity index (χ3n) is 3.47. The van der Waals surface area contributed by atoms with E-state index in [2.05, 4.69) is 21.5 Å². The van der Waals surface area contributed by atoms with Crippen molar-refractivity contribution in [3.8, 4) is 0 Å². The van der Waals surface area contributed by atoms with Crippen molar-refractivity contribution in [2.75, 3.05) is 7.05 Å². The normalized spacial score (nSPS) is 14.8. The van der Waals surface area contributed by atoms with Gasteiger partial charge in [-0.05, 0) is 30.5 Å². The number of aromatic nitrogens is 1. The molecule has 2 aromatic rings. The van der Waals surface area contributed by atoms with Gasteiger partial charge in [-0.3, -0.25) is 9.82 Å². The number of hydrogen-bond acceptors (Lipinski definition) is 4. The number of nitrogens with zero attached hydrogens (tertiary/aromatic N) is 2. The maximum absolute atomic E-state index is 11.3. The Morgan fingerprint density at radius 2 is 2.00 bits per heavy atom. The Kier molecular flexibility index (Phi) is 3.64. The predicted octanol–water partition coefficient (Wildman–Crippen LogP) is 2.29. The van der Waals surface area contributed by atoms with E-state index < -0.39 is 6.09 Å². The highest BCUT2D eigenvalue weighted by molar-refractivity contribution is 6.14. The van der Waals surface area contributed by atoms with Crippen molar-refractivity contribution < 1.29 is 9.63 Å². The second-order valence-electron chi connectivity index (χ2n) is 4.72. The summed E-state index contributed by atoms with van der Waals surface area (Å²) < 4.78 is 0. The Balaban J connectivity index is 2.13. The van der Waals surface area contributed by atoms with Crippen LogP contribution in [0, 0.1) is 0 Å². The molecule has 1 N–H and O–H groups in total. The fraction of sp³-hybridized carbons (Fsp3) is 0.188. The van der Waals surface area contributed by atoms with E-state index in [0.29, 0.717) is 5.71 Å². The van der Waals surface area contributed by atoms with Crippen LogP contribution in [0.3, 0.4) is 0 Å². The van der Waals surface area contributed by atoms with Crippen molar-refractivity contribution in [2.45, 2.75) is 12.8 Å². The van der Waals surface area contributed by atoms with Gasteiger partial charge < -0.3 is 5.32 Å². The molecule has 1 aromatic heterocycles. The number of fused-ring (bicyclic) bond motifs is 2. The summed E-state index contributed by atoms with van der Waals surface area (Å²) in [5.41, 5.74) is 4.68. The van der Waals surface area contributed by atoms with Gasteiger partial charge in [0.1, 0.15) is 5.71 Å². The molecule has 0 spiro atoms. The van der Waals surface area contributed by atoms with Gasteiger partial charge in [0.2, 0.25) is 0 Å². The van der Waals surface area contributed by atoms with Gasteiger partial charge in [-0.15, -0.1) is 0 Å². The van der Waals surface area contributed by atoms with E-state index in [1.807, 2.05) is 30.3 Å². The number of benzene rings is 1. The standard InChI is InChI=1S/C16H15N3O2/c1-17-16(20)21-19-15-12-6-3-2-5-11(12)8-9-14-13(15)7-4-10-18-14/h2-7,10H,8-9H2,1H3,(H,17,20). The minimum atomic E-state index is -0.588. The molecule has 0 bridgehead atoms. The maximum atomic E-state index is 11.3. The first-order valence-corrected chi connectivity index (χ1v) is 6.79. The fourth-order valence-corrected chi connectivity index (χ4v) is 2.45. The van der Waals surface area contributed by atoms with E-state index in [1.165, 1.54) is 12.6 Å². The number of oxime groups is 1. The van der Waals surface area contributed by atoms with Gasteiger partial charge in [-0.2, -0.15) is 0 Å². The number of amides is 1. The summed E-state index contributed by atoms with van der Waals surface area (Å²) in [6.45, 7) is 0. The van der Waals surface area contributed by atoms with Crippen molar-refractivity contribution in [2.24, 2.45) is 5.16 Å². The second kappa shape index (κ2) is 5.75. The van der Waals surface area contributed by atoms with E-state index in [4.69, 9.17) is 4.84 Å². The van der Waals surface area contributed by atoms with E-state index in [9.17, 15) is 4.79 Å². The molecule has 0 saturated heterocycles. The molecule has 0 atom stereocenters. The van der Waals surface area contributed by atoms with E-state index in [1.54, 1.807) is 6.20 Å². The van der Waals surface area contributed by atoms with E-state index in [-0.39, 0.29) is 0 Å². The summed E-state index contributed by atoms with van der Waals surface area (Å²) in [7, 11) is 1.50. The van der Waals surface area contributed by atoms with Gasteiger partial charge in [0, 0.05) is 24.4 Å². The third kappa shape index (κ3) is 2.63. The Bertz CT molecular complexity index is 661. The number of carbonyl (C=O) groups excluding carboxylic acids is 1. The van der Waals surface area contributed by atoms with Gasteiger partial charge in [0.05, 0.1) is 5.69 Å². The predicted molar refractivity (Wildman–Crippen MR) is 79.3 cm³/mol. The molecule has 3 rings (SSSR count). The first-order chi connectivity index (χ1) is 10.3. The van der Waals surface area contributed by atoms with Gasteiger partial charge in [-0.1, -0.05) is 29.4 Å². The number of rotatable bonds is 1. The van der Waals surface area contributed by atoms with E-state index in [0.717, 1.165) is 29.7 Å². The Morgan fingerprint density at radius 1 is 1.19 bits per heavy atom. The summed E-state index contributed by atoms with van der Waals surface area (Å²) in [6.07, 6.45) is 2.91. The van der Waals surface area contributed by atoms with Crippen LogP contribution < -0.4 is 5.32 Å². The average Bonchev–Trinajstić information content (AvgIpc) is 2.69. The van der Waals surface area contributed by atoms with Gasteiger partial charge in [0.25, 0.3) is 0 Å². The molecule has 0 radical (unpaired) electrons. The van der Waals surface area contributed by atoms with Crippen molar-refractivity contribution in [1.82, 2.24) is 10.3 Å². The number of hydrogen-bond donors (Lipinski definition) is 1. The summed E-state index contributed by atoms with van der Waals surface area (Å²) in [5, 5.41) is 6.45. The Labute approximate surface area is 122 Å². The first kappa shape index (κ1) is 13.3. The highest BCUT2D eigenvalue weighted by Crippen LogP contribution is 2.23. The quantitative estimate of drug-likeness (QED) is 0.644. The minimum absolute atomic E-state index is 0.588. The zero-order valence-corrected chi connectivity index (χ0v) is 11.7. The SMILES string of the molecule is CNC(=O)ON=C1c2ccccc2CCc2ncccc21. The highest BCUT2D eigenvalue weighted by atomic mass is 16.7. The smallest absolute Gasteiger partial charge is 0.323 e. The van der Waals surface area contributed by atoms with Crippen LogP contribution in [-0.2, 0) is 17.7 Å². The molecule has 5 nitrogen and oxygen atoms in total. The van der Waals surface area contributed by atoms with Gasteiger partial charge >= 0.3 is 6.09 Å². The highest BCUT2D eigenvalue weighted by Gasteiger charge is 2.20. The van der Waals surface area contributed by atoms with Gasteiger partial charge in [0.15, 0.2) is 0 Å². The van der Waals surface area contributed by atoms with Crippen LogP contribution in [-0.4, -0.2) is 23.8 Å². The molecule has 21 heavy (non-hydrogen) atoms. The number of carbonyl (C=O) groups is 1. The number of aryl methyl sites for hydroxylation is 2. The Morgan fingerprint density at radius 3 is 2.86 bits per heavy atom. The van der Waals surface area contributed by atoms with Crippen LogP contribution in [0.1, 0.15) is 22.4 Å². The van der Waals surface area contributed by atoms with Crippen molar-refractivity contribution in [3.05, 3.63) is 65.0 Å². The van der Waals surface area contributed by atoms with Crippen LogP contribution in [0.2, 0.25) is 0 Å². The van der Waals surface area contributed by atoms with E-state index >= 15 is 0 Å². The molecule has 0 unspecified atom stereocenters. The lowest BCUT2D eigenvalue weighted by atomic mass is 10.00. The molecule has 1 amide bonds. The molecule has 5 heteroatoms. The molecule has 106 valence electrons. The van der Waals surface area contributed by atoms with Crippen LogP contribution >= 0.6 is 0 Å². The average molecular weight is 281 g/mol. The monoisotopic (exact) mass is 281 g/mol. The van der Waals surface area contributed by atoms with Crippen LogP contribution in [0.4, 0.5) is 4.79 Å². The molecule has 1 aliphatic rings. The molecule has 1 heterocycles. The zero-order valence-electron chi connectivity index (χ0n) is 11.7. The first-order valence-electron chi connectivity index (χ1n) is 6.79. The molecular formula is C16H15N3O2. The third-order valence-corrected chi connectivity index (χ3v) is 3.47. The molecule has 1 aromatic carbocycles. The summed E-state index contributed by atoms with van der Waals surface area (Å²) in [5.74, 6) is 0. The van der Waals surface area contributed by atoms with Gasteiger partial charge in [-0.25, -0.2) is 4.79 Å². The fourth-order valence-electron chi connectivity index (χ4n) is 2.45. The minimum Gasteiger partial charge on any atom is -0.323 e. The molecule has 0 aliphatic heterocycles.